The normalized spacial score (nSPS) is 12.7. The number of carbonyl (C=O) groups excluding carboxylic acids is 3. The maximum Gasteiger partial charge on any atom is 0.338 e. The van der Waals surface area contributed by atoms with E-state index in [-0.39, 0.29) is 18.1 Å². The summed E-state index contributed by atoms with van der Waals surface area (Å²) in [4.78, 5) is 42.9. The number of carbonyl (C=O) groups is 3. The van der Waals surface area contributed by atoms with Gasteiger partial charge < -0.3 is 9.26 Å². The van der Waals surface area contributed by atoms with Crippen LogP contribution in [0.3, 0.4) is 0 Å². The van der Waals surface area contributed by atoms with E-state index >= 15 is 0 Å². The summed E-state index contributed by atoms with van der Waals surface area (Å²) in [5.74, 6) is -0.815. The van der Waals surface area contributed by atoms with Gasteiger partial charge in [-0.3, -0.25) is 9.59 Å². The second kappa shape index (κ2) is 8.16. The van der Waals surface area contributed by atoms with E-state index < -0.39 is 17.8 Å². The summed E-state index contributed by atoms with van der Waals surface area (Å²) >= 11 is 0. The zero-order valence-corrected chi connectivity index (χ0v) is 17.5. The molecule has 0 unspecified atom stereocenters. The van der Waals surface area contributed by atoms with Crippen molar-refractivity contribution in [2.75, 3.05) is 4.90 Å². The predicted octanol–water partition coefficient (Wildman–Crippen LogP) is 4.20. The van der Waals surface area contributed by atoms with Gasteiger partial charge in [-0.25, -0.2) is 9.69 Å². The largest absolute Gasteiger partial charge is 0.452 e. The monoisotopic (exact) mass is 439 g/mol. The fourth-order valence-electron chi connectivity index (χ4n) is 3.51. The lowest BCUT2D eigenvalue weighted by Crippen LogP contribution is -2.29. The topological polar surface area (TPSA) is 103 Å². The number of amides is 2. The molecule has 0 atom stereocenters. The highest BCUT2D eigenvalue weighted by Gasteiger charge is 2.36. The van der Waals surface area contributed by atoms with Gasteiger partial charge in [-0.15, -0.1) is 0 Å². The van der Waals surface area contributed by atoms with Crippen LogP contribution in [0.25, 0.3) is 11.4 Å². The number of imide groups is 1. The van der Waals surface area contributed by atoms with E-state index in [0.29, 0.717) is 22.6 Å². The Morgan fingerprint density at radius 1 is 0.909 bits per heavy atom. The fourth-order valence-corrected chi connectivity index (χ4v) is 3.51. The molecule has 5 rings (SSSR count). The standard InChI is InChI=1S/C25H17N3O5/c1-15-6-8-16(9-7-15)22-26-21(33-27-22)14-32-25(31)17-10-12-18(13-11-17)28-23(29)19-4-2-3-5-20(19)24(28)30/h2-13H,14H2,1H3. The Labute approximate surface area is 188 Å². The van der Waals surface area contributed by atoms with Gasteiger partial charge in [0.2, 0.25) is 5.82 Å². The molecular formula is C25H17N3O5. The highest BCUT2D eigenvalue weighted by molar-refractivity contribution is 6.34. The summed E-state index contributed by atoms with van der Waals surface area (Å²) in [6, 6.07) is 20.3. The second-order valence-corrected chi connectivity index (χ2v) is 7.49. The van der Waals surface area contributed by atoms with Gasteiger partial charge in [-0.1, -0.05) is 47.1 Å². The van der Waals surface area contributed by atoms with Gasteiger partial charge in [0.15, 0.2) is 6.61 Å². The molecule has 0 radical (unpaired) electrons. The van der Waals surface area contributed by atoms with E-state index in [2.05, 4.69) is 10.1 Å². The number of aromatic nitrogens is 2. The molecule has 0 bridgehead atoms. The van der Waals surface area contributed by atoms with Crippen LogP contribution in [0, 0.1) is 6.92 Å². The zero-order valence-electron chi connectivity index (χ0n) is 17.5. The molecule has 0 N–H and O–H groups in total. The Bertz CT molecular complexity index is 1340. The lowest BCUT2D eigenvalue weighted by molar-refractivity contribution is 0.0429. The van der Waals surface area contributed by atoms with Crippen LogP contribution in [0.5, 0.6) is 0 Å². The first-order valence-electron chi connectivity index (χ1n) is 10.2. The van der Waals surface area contributed by atoms with Crippen molar-refractivity contribution in [3.8, 4) is 11.4 Å². The van der Waals surface area contributed by atoms with E-state index in [1.165, 1.54) is 24.3 Å². The molecule has 0 saturated carbocycles. The van der Waals surface area contributed by atoms with Crippen molar-refractivity contribution in [3.05, 3.63) is 101 Å². The number of nitrogens with zero attached hydrogens (tertiary/aromatic N) is 3. The number of hydrogen-bond acceptors (Lipinski definition) is 7. The van der Waals surface area contributed by atoms with Gasteiger partial charge in [-0.05, 0) is 43.3 Å². The molecule has 1 aliphatic heterocycles. The second-order valence-electron chi connectivity index (χ2n) is 7.49. The number of benzene rings is 3. The van der Waals surface area contributed by atoms with Crippen molar-refractivity contribution in [3.63, 3.8) is 0 Å². The molecule has 8 heteroatoms. The van der Waals surface area contributed by atoms with Gasteiger partial charge in [0.25, 0.3) is 17.7 Å². The van der Waals surface area contributed by atoms with Crippen molar-refractivity contribution >= 4 is 23.5 Å². The molecule has 2 heterocycles. The Balaban J connectivity index is 1.24. The number of hydrogen-bond donors (Lipinski definition) is 0. The SMILES string of the molecule is Cc1ccc(-c2noc(COC(=O)c3ccc(N4C(=O)c5ccccc5C4=O)cc3)n2)cc1. The molecule has 3 aromatic carbocycles. The molecule has 1 aliphatic rings. The molecule has 0 saturated heterocycles. The van der Waals surface area contributed by atoms with Crippen LogP contribution in [0.1, 0.15) is 42.5 Å². The molecule has 33 heavy (non-hydrogen) atoms. The number of aryl methyl sites for hydroxylation is 1. The van der Waals surface area contributed by atoms with Gasteiger partial charge in [0.05, 0.1) is 22.4 Å². The van der Waals surface area contributed by atoms with Gasteiger partial charge in [0.1, 0.15) is 0 Å². The minimum Gasteiger partial charge on any atom is -0.452 e. The van der Waals surface area contributed by atoms with Crippen molar-refractivity contribution in [1.82, 2.24) is 10.1 Å². The Kier molecular flexibility index (Phi) is 5.02. The molecule has 0 spiro atoms. The number of ether oxygens (including phenoxy) is 1. The molecule has 4 aromatic rings. The Morgan fingerprint density at radius 2 is 1.55 bits per heavy atom. The quantitative estimate of drug-likeness (QED) is 0.339. The third-order valence-corrected chi connectivity index (χ3v) is 5.26. The third kappa shape index (κ3) is 3.78. The van der Waals surface area contributed by atoms with E-state index in [9.17, 15) is 14.4 Å². The lowest BCUT2D eigenvalue weighted by Gasteiger charge is -2.14. The maximum atomic E-state index is 12.6. The number of fused-ring (bicyclic) bond motifs is 1. The first kappa shape index (κ1) is 20.3. The van der Waals surface area contributed by atoms with Crippen molar-refractivity contribution in [2.45, 2.75) is 13.5 Å². The predicted molar refractivity (Wildman–Crippen MR) is 118 cm³/mol. The van der Waals surface area contributed by atoms with Crippen molar-refractivity contribution in [1.29, 1.82) is 0 Å². The Morgan fingerprint density at radius 3 is 2.18 bits per heavy atom. The molecule has 0 fully saturated rings. The van der Waals surface area contributed by atoms with Gasteiger partial charge in [0, 0.05) is 5.56 Å². The van der Waals surface area contributed by atoms with Crippen LogP contribution in [0.4, 0.5) is 5.69 Å². The summed E-state index contributed by atoms with van der Waals surface area (Å²) in [7, 11) is 0. The molecular weight excluding hydrogens is 422 g/mol. The first-order chi connectivity index (χ1) is 16.0. The smallest absolute Gasteiger partial charge is 0.338 e. The van der Waals surface area contributed by atoms with E-state index in [0.717, 1.165) is 16.0 Å². The van der Waals surface area contributed by atoms with Crippen LogP contribution in [-0.4, -0.2) is 27.9 Å². The first-order valence-corrected chi connectivity index (χ1v) is 10.2. The molecule has 2 amide bonds. The molecule has 0 aliphatic carbocycles. The van der Waals surface area contributed by atoms with Crippen LogP contribution in [0.15, 0.2) is 77.3 Å². The molecule has 162 valence electrons. The number of anilines is 1. The minimum absolute atomic E-state index is 0.168. The highest BCUT2D eigenvalue weighted by atomic mass is 16.6. The maximum absolute atomic E-state index is 12.6. The summed E-state index contributed by atoms with van der Waals surface area (Å²) in [5, 5.41) is 3.91. The van der Waals surface area contributed by atoms with Crippen LogP contribution in [-0.2, 0) is 11.3 Å². The summed E-state index contributed by atoms with van der Waals surface area (Å²) in [6.07, 6.45) is 0. The van der Waals surface area contributed by atoms with Crippen LogP contribution >= 0.6 is 0 Å². The van der Waals surface area contributed by atoms with E-state index in [4.69, 9.17) is 9.26 Å². The third-order valence-electron chi connectivity index (χ3n) is 5.26. The van der Waals surface area contributed by atoms with Crippen molar-refractivity contribution < 1.29 is 23.6 Å². The zero-order chi connectivity index (χ0) is 22.9. The number of rotatable bonds is 5. The summed E-state index contributed by atoms with van der Waals surface area (Å²) < 4.78 is 10.4. The average molecular weight is 439 g/mol. The van der Waals surface area contributed by atoms with E-state index in [1.807, 2.05) is 31.2 Å². The number of esters is 1. The molecule has 1 aromatic heterocycles. The Hall–Kier alpha value is -4.59. The fraction of sp³-hybridized carbons (Fsp3) is 0.0800. The highest BCUT2D eigenvalue weighted by Crippen LogP contribution is 2.28. The summed E-state index contributed by atoms with van der Waals surface area (Å²) in [5.41, 5.74) is 3.26. The summed E-state index contributed by atoms with van der Waals surface area (Å²) in [6.45, 7) is 1.80. The van der Waals surface area contributed by atoms with Gasteiger partial charge >= 0.3 is 5.97 Å². The van der Waals surface area contributed by atoms with Crippen molar-refractivity contribution in [2.24, 2.45) is 0 Å². The average Bonchev–Trinajstić information content (AvgIpc) is 3.41. The van der Waals surface area contributed by atoms with E-state index in [1.54, 1.807) is 24.3 Å². The van der Waals surface area contributed by atoms with Crippen LogP contribution < -0.4 is 4.90 Å². The molecule has 8 nitrogen and oxygen atoms in total. The lowest BCUT2D eigenvalue weighted by atomic mass is 10.1. The van der Waals surface area contributed by atoms with Crippen LogP contribution in [0.2, 0.25) is 0 Å². The van der Waals surface area contributed by atoms with Gasteiger partial charge in [-0.2, -0.15) is 4.98 Å². The minimum atomic E-state index is -0.598.